The second-order valence-electron chi connectivity index (χ2n) is 9.71. The molecule has 0 aliphatic carbocycles. The Kier molecular flexibility index (Phi) is 6.26. The van der Waals surface area contributed by atoms with Gasteiger partial charge in [-0.1, -0.05) is 77.1 Å². The third-order valence-corrected chi connectivity index (χ3v) is 5.65. The van der Waals surface area contributed by atoms with Crippen molar-refractivity contribution in [2.75, 3.05) is 0 Å². The molecule has 2 nitrogen and oxygen atoms in total. The van der Waals surface area contributed by atoms with E-state index < -0.39 is 0 Å². The van der Waals surface area contributed by atoms with Crippen molar-refractivity contribution in [2.45, 2.75) is 65.8 Å². The van der Waals surface area contributed by atoms with Gasteiger partial charge in [0, 0.05) is 17.2 Å². The maximum absolute atomic E-state index is 13.0. The van der Waals surface area contributed by atoms with Crippen LogP contribution in [0, 0.1) is 0 Å². The smallest absolute Gasteiger partial charge is 0.213 e. The van der Waals surface area contributed by atoms with Crippen molar-refractivity contribution < 1.29 is 9.36 Å². The van der Waals surface area contributed by atoms with Crippen LogP contribution >= 0.6 is 0 Å². The first-order chi connectivity index (χ1) is 14.1. The summed E-state index contributed by atoms with van der Waals surface area (Å²) in [7, 11) is 0. The Balaban J connectivity index is 2.14. The van der Waals surface area contributed by atoms with Gasteiger partial charge in [0.2, 0.25) is 5.69 Å². The van der Waals surface area contributed by atoms with Crippen molar-refractivity contribution in [1.29, 1.82) is 0 Å². The summed E-state index contributed by atoms with van der Waals surface area (Å²) in [5.41, 5.74) is 6.64. The van der Waals surface area contributed by atoms with Crippen LogP contribution in [0.15, 0.2) is 66.9 Å². The van der Waals surface area contributed by atoms with Crippen molar-refractivity contribution in [3.63, 3.8) is 0 Å². The molecule has 0 radical (unpaired) electrons. The lowest BCUT2D eigenvalue weighted by molar-refractivity contribution is -0.705. The average Bonchev–Trinajstić information content (AvgIpc) is 2.72. The lowest BCUT2D eigenvalue weighted by atomic mass is 9.82. The molecule has 0 unspecified atom stereocenters. The fraction of sp³-hybridized carbons (Fsp3) is 0.357. The lowest BCUT2D eigenvalue weighted by Gasteiger charge is -2.22. The number of aromatic nitrogens is 1. The van der Waals surface area contributed by atoms with Crippen molar-refractivity contribution in [3.05, 3.63) is 89.1 Å². The Bertz CT molecular complexity index is 1040. The molecular formula is C28H34NO+. The van der Waals surface area contributed by atoms with E-state index in [0.717, 1.165) is 16.8 Å². The number of hydrogen-bond donors (Lipinski definition) is 0. The summed E-state index contributed by atoms with van der Waals surface area (Å²) in [5, 5.41) is 0. The van der Waals surface area contributed by atoms with Gasteiger partial charge in [0.15, 0.2) is 18.0 Å². The second-order valence-corrected chi connectivity index (χ2v) is 9.71. The van der Waals surface area contributed by atoms with Crippen LogP contribution in [-0.2, 0) is 5.41 Å². The molecule has 2 aromatic carbocycles. The highest BCUT2D eigenvalue weighted by molar-refractivity contribution is 6.08. The standard InChI is InChI=1S/C28H34NO/c1-19(2)25-17-23(28(5,6)7)14-15-24(25)26-16-13-22(18-29(26)20(3)4)27(30)21-11-9-8-10-12-21/h8-20H,1-7H3/q+1. The van der Waals surface area contributed by atoms with Crippen LogP contribution in [0.4, 0.5) is 0 Å². The highest BCUT2D eigenvalue weighted by Crippen LogP contribution is 2.33. The van der Waals surface area contributed by atoms with Gasteiger partial charge in [-0.15, -0.1) is 0 Å². The largest absolute Gasteiger partial charge is 0.288 e. The van der Waals surface area contributed by atoms with Gasteiger partial charge in [-0.2, -0.15) is 4.57 Å². The first-order valence-corrected chi connectivity index (χ1v) is 10.9. The first-order valence-electron chi connectivity index (χ1n) is 10.9. The summed E-state index contributed by atoms with van der Waals surface area (Å²) in [6, 6.07) is 20.7. The van der Waals surface area contributed by atoms with E-state index in [9.17, 15) is 4.79 Å². The molecule has 1 heterocycles. The highest BCUT2D eigenvalue weighted by atomic mass is 16.1. The van der Waals surface area contributed by atoms with Gasteiger partial charge in [0.05, 0.1) is 5.56 Å². The summed E-state index contributed by atoms with van der Waals surface area (Å²) in [6.07, 6.45) is 2.01. The molecule has 1 aromatic heterocycles. The van der Waals surface area contributed by atoms with E-state index in [0.29, 0.717) is 5.92 Å². The Morgan fingerprint density at radius 2 is 1.50 bits per heavy atom. The van der Waals surface area contributed by atoms with Crippen LogP contribution < -0.4 is 4.57 Å². The molecule has 0 saturated carbocycles. The minimum absolute atomic E-state index is 0.0590. The molecule has 0 fully saturated rings. The predicted octanol–water partition coefficient (Wildman–Crippen LogP) is 6.87. The quantitative estimate of drug-likeness (QED) is 0.338. The van der Waals surface area contributed by atoms with Crippen LogP contribution in [-0.4, -0.2) is 5.78 Å². The number of ketones is 1. The Labute approximate surface area is 181 Å². The highest BCUT2D eigenvalue weighted by Gasteiger charge is 2.24. The maximum atomic E-state index is 13.0. The Morgan fingerprint density at radius 1 is 0.833 bits per heavy atom. The molecular weight excluding hydrogens is 366 g/mol. The van der Waals surface area contributed by atoms with Gasteiger partial charge in [-0.05, 0) is 48.4 Å². The monoisotopic (exact) mass is 400 g/mol. The van der Waals surface area contributed by atoms with Crippen LogP contribution in [0.1, 0.15) is 87.5 Å². The summed E-state index contributed by atoms with van der Waals surface area (Å²) in [6.45, 7) is 15.6. The lowest BCUT2D eigenvalue weighted by Crippen LogP contribution is -2.39. The molecule has 3 aromatic rings. The summed E-state index contributed by atoms with van der Waals surface area (Å²) >= 11 is 0. The predicted molar refractivity (Wildman–Crippen MR) is 125 cm³/mol. The van der Waals surface area contributed by atoms with Crippen molar-refractivity contribution in [3.8, 4) is 11.3 Å². The number of carbonyl (C=O) groups excluding carboxylic acids is 1. The minimum Gasteiger partial charge on any atom is -0.288 e. The van der Waals surface area contributed by atoms with Gasteiger partial charge in [-0.3, -0.25) is 4.79 Å². The molecule has 0 saturated heterocycles. The number of benzene rings is 2. The fourth-order valence-corrected chi connectivity index (χ4v) is 3.80. The van der Waals surface area contributed by atoms with E-state index >= 15 is 0 Å². The van der Waals surface area contributed by atoms with Crippen LogP contribution in [0.5, 0.6) is 0 Å². The van der Waals surface area contributed by atoms with Crippen LogP contribution in [0.2, 0.25) is 0 Å². The SMILES string of the molecule is CC(C)c1cc(C(C)(C)C)ccc1-c1ccc(C(=O)c2ccccc2)c[n+]1C(C)C. The van der Waals surface area contributed by atoms with E-state index in [4.69, 9.17) is 0 Å². The van der Waals surface area contributed by atoms with Crippen molar-refractivity contribution >= 4 is 5.78 Å². The third kappa shape index (κ3) is 4.53. The van der Waals surface area contributed by atoms with Gasteiger partial charge >= 0.3 is 0 Å². The van der Waals surface area contributed by atoms with E-state index in [1.165, 1.54) is 16.7 Å². The maximum Gasteiger partial charge on any atom is 0.213 e. The normalized spacial score (nSPS) is 11.9. The van der Waals surface area contributed by atoms with E-state index in [1.807, 2.05) is 42.6 Å². The molecule has 2 heteroatoms. The Hall–Kier alpha value is -2.74. The van der Waals surface area contributed by atoms with Crippen molar-refractivity contribution in [1.82, 2.24) is 0 Å². The van der Waals surface area contributed by atoms with Gasteiger partial charge in [-0.25, -0.2) is 0 Å². The number of rotatable bonds is 5. The van der Waals surface area contributed by atoms with Crippen molar-refractivity contribution in [2.24, 2.45) is 0 Å². The molecule has 0 spiro atoms. The van der Waals surface area contributed by atoms with Crippen LogP contribution in [0.3, 0.4) is 0 Å². The summed E-state index contributed by atoms with van der Waals surface area (Å²) in [5.74, 6) is 0.470. The molecule has 30 heavy (non-hydrogen) atoms. The van der Waals surface area contributed by atoms with Gasteiger partial charge in [0.25, 0.3) is 0 Å². The fourth-order valence-electron chi connectivity index (χ4n) is 3.80. The molecule has 0 aliphatic rings. The third-order valence-electron chi connectivity index (χ3n) is 5.65. The first kappa shape index (κ1) is 22.0. The molecule has 0 bridgehead atoms. The summed E-state index contributed by atoms with van der Waals surface area (Å²) in [4.78, 5) is 13.0. The average molecular weight is 401 g/mol. The summed E-state index contributed by atoms with van der Waals surface area (Å²) < 4.78 is 2.23. The topological polar surface area (TPSA) is 20.9 Å². The number of pyridine rings is 1. The number of carbonyl (C=O) groups is 1. The Morgan fingerprint density at radius 3 is 2.07 bits per heavy atom. The molecule has 3 rings (SSSR count). The molecule has 0 atom stereocenters. The van der Waals surface area contributed by atoms with E-state index in [1.54, 1.807) is 0 Å². The van der Waals surface area contributed by atoms with Crippen LogP contribution in [0.25, 0.3) is 11.3 Å². The number of nitrogens with zero attached hydrogens (tertiary/aromatic N) is 1. The van der Waals surface area contributed by atoms with Gasteiger partial charge in [0.1, 0.15) is 0 Å². The zero-order valence-corrected chi connectivity index (χ0v) is 19.4. The zero-order chi connectivity index (χ0) is 22.1. The van der Waals surface area contributed by atoms with Gasteiger partial charge < -0.3 is 0 Å². The van der Waals surface area contributed by atoms with E-state index in [-0.39, 0.29) is 17.2 Å². The zero-order valence-electron chi connectivity index (χ0n) is 19.4. The molecule has 0 aliphatic heterocycles. The van der Waals surface area contributed by atoms with E-state index in [2.05, 4.69) is 77.3 Å². The number of hydrogen-bond acceptors (Lipinski definition) is 1. The minimum atomic E-state index is 0.0590. The molecule has 0 amide bonds. The second kappa shape index (κ2) is 8.55. The molecule has 156 valence electrons. The molecule has 0 N–H and O–H groups in total.